The van der Waals surface area contributed by atoms with E-state index < -0.39 is 0 Å². The molecule has 3 aliphatic rings. The van der Waals surface area contributed by atoms with Gasteiger partial charge in [-0.3, -0.25) is 4.79 Å². The Bertz CT molecular complexity index is 675. The van der Waals surface area contributed by atoms with Crippen molar-refractivity contribution in [2.24, 2.45) is 5.92 Å². The van der Waals surface area contributed by atoms with E-state index >= 15 is 0 Å². The average molecular weight is 447 g/mol. The number of hydrogen-bond acceptors (Lipinski definition) is 5. The molecular weight excluding hydrogens is 408 g/mol. The third kappa shape index (κ3) is 6.04. The first-order valence-electron chi connectivity index (χ1n) is 12.0. The second-order valence-electron chi connectivity index (χ2n) is 9.26. The summed E-state index contributed by atoms with van der Waals surface area (Å²) >= 11 is 1.80. The Labute approximate surface area is 191 Å². The minimum Gasteiger partial charge on any atom is -0.381 e. The second-order valence-corrected chi connectivity index (χ2v) is 10.1. The van der Waals surface area contributed by atoms with E-state index in [2.05, 4.69) is 46.8 Å². The Morgan fingerprint density at radius 2 is 1.97 bits per heavy atom. The molecule has 2 heterocycles. The molecule has 0 radical (unpaired) electrons. The zero-order chi connectivity index (χ0) is 21.5. The predicted molar refractivity (Wildman–Crippen MR) is 126 cm³/mol. The maximum absolute atomic E-state index is 13.2. The van der Waals surface area contributed by atoms with E-state index in [0.29, 0.717) is 37.9 Å². The third-order valence-electron chi connectivity index (χ3n) is 7.28. The highest BCUT2D eigenvalue weighted by Crippen LogP contribution is 2.34. The minimum absolute atomic E-state index is 0.0307. The van der Waals surface area contributed by atoms with Crippen LogP contribution in [0.2, 0.25) is 0 Å². The minimum atomic E-state index is 0.0307. The summed E-state index contributed by atoms with van der Waals surface area (Å²) in [6.45, 7) is 2.78. The molecule has 172 valence electrons. The third-order valence-corrected chi connectivity index (χ3v) is 7.73. The normalized spacial score (nSPS) is 31.6. The Morgan fingerprint density at radius 3 is 2.68 bits per heavy atom. The number of ether oxygens (including phenoxy) is 2. The molecule has 0 unspecified atom stereocenters. The molecule has 1 aromatic rings. The van der Waals surface area contributed by atoms with Crippen LogP contribution in [0, 0.1) is 5.92 Å². The summed E-state index contributed by atoms with van der Waals surface area (Å²) < 4.78 is 12.0. The summed E-state index contributed by atoms with van der Waals surface area (Å²) in [4.78, 5) is 15.4. The SMILES string of the molecule is CSCN[C@H]1CCCN(C(=O)[C@H]2CCOC2)[C@H]1CO[C@H]1CC[C@@H](c2ccccc2)CC1. The van der Waals surface area contributed by atoms with Crippen LogP contribution in [0.3, 0.4) is 0 Å². The highest BCUT2D eigenvalue weighted by molar-refractivity contribution is 7.98. The highest BCUT2D eigenvalue weighted by Gasteiger charge is 2.38. The number of hydrogen-bond donors (Lipinski definition) is 1. The van der Waals surface area contributed by atoms with E-state index in [1.54, 1.807) is 11.8 Å². The monoisotopic (exact) mass is 446 g/mol. The first-order valence-corrected chi connectivity index (χ1v) is 13.4. The Morgan fingerprint density at radius 1 is 1.16 bits per heavy atom. The summed E-state index contributed by atoms with van der Waals surface area (Å²) in [6, 6.07) is 11.3. The van der Waals surface area contributed by atoms with E-state index in [0.717, 1.165) is 44.5 Å². The molecular formula is C25H38N2O3S. The molecule has 5 nitrogen and oxygen atoms in total. The van der Waals surface area contributed by atoms with Crippen molar-refractivity contribution in [1.29, 1.82) is 0 Å². The maximum Gasteiger partial charge on any atom is 0.228 e. The van der Waals surface area contributed by atoms with E-state index in [1.807, 2.05) is 0 Å². The van der Waals surface area contributed by atoms with Crippen molar-refractivity contribution in [2.45, 2.75) is 69.1 Å². The van der Waals surface area contributed by atoms with Gasteiger partial charge in [0.15, 0.2) is 0 Å². The fourth-order valence-corrected chi connectivity index (χ4v) is 5.83. The Hall–Kier alpha value is -1.08. The van der Waals surface area contributed by atoms with E-state index in [-0.39, 0.29) is 17.9 Å². The fourth-order valence-electron chi connectivity index (χ4n) is 5.45. The topological polar surface area (TPSA) is 50.8 Å². The largest absolute Gasteiger partial charge is 0.381 e. The fraction of sp³-hybridized carbons (Fsp3) is 0.720. The van der Waals surface area contributed by atoms with Crippen molar-refractivity contribution in [1.82, 2.24) is 10.2 Å². The van der Waals surface area contributed by atoms with Gasteiger partial charge in [0.25, 0.3) is 0 Å². The molecule has 0 bridgehead atoms. The van der Waals surface area contributed by atoms with Gasteiger partial charge in [-0.1, -0.05) is 30.3 Å². The van der Waals surface area contributed by atoms with E-state index in [9.17, 15) is 4.79 Å². The van der Waals surface area contributed by atoms with Gasteiger partial charge in [0.2, 0.25) is 5.91 Å². The maximum atomic E-state index is 13.2. The molecule has 1 aliphatic carbocycles. The molecule has 3 atom stereocenters. The van der Waals surface area contributed by atoms with Crippen molar-refractivity contribution in [3.8, 4) is 0 Å². The van der Waals surface area contributed by atoms with Crippen molar-refractivity contribution < 1.29 is 14.3 Å². The quantitative estimate of drug-likeness (QED) is 0.611. The van der Waals surface area contributed by atoms with Gasteiger partial charge in [-0.05, 0) is 62.7 Å². The lowest BCUT2D eigenvalue weighted by molar-refractivity contribution is -0.143. The number of piperidine rings is 1. The number of amides is 1. The predicted octanol–water partition coefficient (Wildman–Crippen LogP) is 4.04. The summed E-state index contributed by atoms with van der Waals surface area (Å²) in [5.74, 6) is 1.88. The van der Waals surface area contributed by atoms with Crippen LogP contribution >= 0.6 is 11.8 Å². The number of carbonyl (C=O) groups excluding carboxylic acids is 1. The van der Waals surface area contributed by atoms with Crippen molar-refractivity contribution in [3.63, 3.8) is 0 Å². The van der Waals surface area contributed by atoms with Crippen molar-refractivity contribution in [2.75, 3.05) is 38.5 Å². The number of rotatable bonds is 8. The summed E-state index contributed by atoms with van der Waals surface area (Å²) in [7, 11) is 0. The lowest BCUT2D eigenvalue weighted by Crippen LogP contribution is -2.59. The molecule has 1 amide bonds. The molecule has 6 heteroatoms. The van der Waals surface area contributed by atoms with Crippen LogP contribution in [-0.2, 0) is 14.3 Å². The molecule has 1 N–H and O–H groups in total. The van der Waals surface area contributed by atoms with Crippen LogP contribution in [0.4, 0.5) is 0 Å². The molecule has 1 aromatic carbocycles. The molecule has 2 aliphatic heterocycles. The van der Waals surface area contributed by atoms with Crippen LogP contribution in [-0.4, -0.2) is 67.5 Å². The second kappa shape index (κ2) is 11.7. The van der Waals surface area contributed by atoms with Gasteiger partial charge in [-0.15, -0.1) is 11.8 Å². The smallest absolute Gasteiger partial charge is 0.228 e. The zero-order valence-corrected chi connectivity index (χ0v) is 19.7. The van der Waals surface area contributed by atoms with E-state index in [1.165, 1.54) is 18.4 Å². The van der Waals surface area contributed by atoms with Crippen LogP contribution in [0.5, 0.6) is 0 Å². The molecule has 31 heavy (non-hydrogen) atoms. The van der Waals surface area contributed by atoms with Crippen LogP contribution < -0.4 is 5.32 Å². The van der Waals surface area contributed by atoms with Crippen molar-refractivity contribution in [3.05, 3.63) is 35.9 Å². The number of likely N-dealkylation sites (tertiary alicyclic amines) is 1. The number of thioether (sulfide) groups is 1. The summed E-state index contributed by atoms with van der Waals surface area (Å²) in [5.41, 5.74) is 1.46. The van der Waals surface area contributed by atoms with Gasteiger partial charge in [-0.2, -0.15) is 0 Å². The zero-order valence-electron chi connectivity index (χ0n) is 18.8. The standard InChI is InChI=1S/C25H38N2O3S/c1-31-18-26-23-8-5-14-27(25(28)21-13-15-29-16-21)24(23)17-30-22-11-9-20(10-12-22)19-6-3-2-4-7-19/h2-4,6-7,20-24,26H,5,8-18H2,1H3/t20-,21-,22+,23-,24-/m0/s1. The molecule has 2 saturated heterocycles. The Balaban J connectivity index is 1.34. The van der Waals surface area contributed by atoms with Gasteiger partial charge in [-0.25, -0.2) is 0 Å². The number of nitrogens with zero attached hydrogens (tertiary/aromatic N) is 1. The number of benzene rings is 1. The Kier molecular flexibility index (Phi) is 8.71. The molecule has 3 fully saturated rings. The van der Waals surface area contributed by atoms with Gasteiger partial charge in [0, 0.05) is 25.1 Å². The number of carbonyl (C=O) groups is 1. The highest BCUT2D eigenvalue weighted by atomic mass is 32.2. The van der Waals surface area contributed by atoms with Gasteiger partial charge in [0.05, 0.1) is 31.3 Å². The molecule has 0 spiro atoms. The van der Waals surface area contributed by atoms with Crippen LogP contribution in [0.1, 0.15) is 56.4 Å². The van der Waals surface area contributed by atoms with Crippen LogP contribution in [0.15, 0.2) is 30.3 Å². The molecule has 1 saturated carbocycles. The average Bonchev–Trinajstić information content (AvgIpc) is 3.37. The summed E-state index contributed by atoms with van der Waals surface area (Å²) in [6.07, 6.45) is 10.1. The van der Waals surface area contributed by atoms with Crippen LogP contribution in [0.25, 0.3) is 0 Å². The lowest BCUT2D eigenvalue weighted by Gasteiger charge is -2.43. The van der Waals surface area contributed by atoms with Gasteiger partial charge >= 0.3 is 0 Å². The molecule has 0 aromatic heterocycles. The first kappa shape index (κ1) is 23.1. The first-order chi connectivity index (χ1) is 15.3. The van der Waals surface area contributed by atoms with E-state index in [4.69, 9.17) is 9.47 Å². The van der Waals surface area contributed by atoms with Gasteiger partial charge in [0.1, 0.15) is 0 Å². The molecule has 4 rings (SSSR count). The summed E-state index contributed by atoms with van der Waals surface area (Å²) in [5, 5.41) is 3.67. The van der Waals surface area contributed by atoms with Gasteiger partial charge < -0.3 is 19.7 Å². The van der Waals surface area contributed by atoms with Crippen molar-refractivity contribution >= 4 is 17.7 Å². The number of nitrogens with one attached hydrogen (secondary N) is 1. The lowest BCUT2D eigenvalue weighted by atomic mass is 9.83.